The molecule has 1 aromatic rings. The van der Waals surface area contributed by atoms with Gasteiger partial charge in [0.25, 0.3) is 6.47 Å². The monoisotopic (exact) mass is 173 g/mol. The summed E-state index contributed by atoms with van der Waals surface area (Å²) in [6.07, 6.45) is 0. The predicted molar refractivity (Wildman–Crippen MR) is 37.7 cm³/mol. The van der Waals surface area contributed by atoms with Crippen molar-refractivity contribution < 1.29 is 14.5 Å². The molecule has 1 rings (SSSR count). The highest BCUT2D eigenvalue weighted by Crippen LogP contribution is 2.27. The third-order valence-electron chi connectivity index (χ3n) is 0.926. The van der Waals surface area contributed by atoms with Crippen LogP contribution in [0.2, 0.25) is 0 Å². The Morgan fingerprint density at radius 3 is 2.91 bits per heavy atom. The van der Waals surface area contributed by atoms with Crippen LogP contribution >= 0.6 is 11.3 Å². The van der Waals surface area contributed by atoms with E-state index < -0.39 is 4.92 Å². The molecule has 11 heavy (non-hydrogen) atoms. The molecule has 0 amide bonds. The number of nitro groups is 1. The average Bonchev–Trinajstić information content (AvgIpc) is 2.37. The molecule has 0 atom stereocenters. The van der Waals surface area contributed by atoms with Crippen molar-refractivity contribution in [1.82, 2.24) is 0 Å². The summed E-state index contributed by atoms with van der Waals surface area (Å²) < 4.78 is 4.36. The van der Waals surface area contributed by atoms with Crippen LogP contribution in [0.15, 0.2) is 11.4 Å². The van der Waals surface area contributed by atoms with Gasteiger partial charge in [-0.15, -0.1) is 0 Å². The fourth-order valence-electron chi connectivity index (χ4n) is 0.521. The second kappa shape index (κ2) is 3.11. The van der Waals surface area contributed by atoms with Gasteiger partial charge in [-0.2, -0.15) is 0 Å². The third-order valence-corrected chi connectivity index (χ3v) is 1.78. The van der Waals surface area contributed by atoms with Crippen LogP contribution in [0.5, 0.6) is 5.75 Å². The number of rotatable bonds is 3. The van der Waals surface area contributed by atoms with Crippen molar-refractivity contribution in [3.63, 3.8) is 0 Å². The number of thiophene rings is 1. The summed E-state index contributed by atoms with van der Waals surface area (Å²) in [6.45, 7) is 0.228. The second-order valence-electron chi connectivity index (χ2n) is 1.59. The zero-order chi connectivity index (χ0) is 8.27. The molecule has 0 aliphatic heterocycles. The van der Waals surface area contributed by atoms with Crippen LogP contribution in [0.25, 0.3) is 0 Å². The summed E-state index contributed by atoms with van der Waals surface area (Å²) in [6, 6.07) is 1.19. The highest BCUT2D eigenvalue weighted by atomic mass is 32.1. The van der Waals surface area contributed by atoms with Gasteiger partial charge in [-0.05, 0) is 0 Å². The van der Waals surface area contributed by atoms with Crippen molar-refractivity contribution in [3.8, 4) is 5.75 Å². The SMILES string of the molecule is O=COc1csc([N+](=O)[O-])c1. The standard InChI is InChI=1S/C5H3NO4S/c7-3-10-4-1-5(6(8)9)11-2-4/h1-3H. The Hall–Kier alpha value is -1.43. The van der Waals surface area contributed by atoms with Crippen LogP contribution < -0.4 is 4.74 Å². The minimum Gasteiger partial charge on any atom is -0.428 e. The first-order valence-corrected chi connectivity index (χ1v) is 3.45. The van der Waals surface area contributed by atoms with Crippen molar-refractivity contribution in [1.29, 1.82) is 0 Å². The lowest BCUT2D eigenvalue weighted by Gasteiger charge is -1.85. The number of carbonyl (C=O) groups excluding carboxylic acids is 1. The zero-order valence-electron chi connectivity index (χ0n) is 5.22. The summed E-state index contributed by atoms with van der Waals surface area (Å²) in [5.74, 6) is 0.205. The fraction of sp³-hybridized carbons (Fsp3) is 0. The number of nitrogens with zero attached hydrogens (tertiary/aromatic N) is 1. The lowest BCUT2D eigenvalue weighted by Crippen LogP contribution is -1.85. The lowest BCUT2D eigenvalue weighted by molar-refractivity contribution is -0.380. The average molecular weight is 173 g/mol. The highest BCUT2D eigenvalue weighted by molar-refractivity contribution is 7.13. The molecule has 0 saturated heterocycles. The maximum Gasteiger partial charge on any atom is 0.327 e. The zero-order valence-corrected chi connectivity index (χ0v) is 6.04. The van der Waals surface area contributed by atoms with Crippen LogP contribution in [-0.4, -0.2) is 11.4 Å². The molecule has 0 aromatic carbocycles. The van der Waals surface area contributed by atoms with Gasteiger partial charge in [-0.1, -0.05) is 11.3 Å². The first kappa shape index (κ1) is 7.67. The minimum atomic E-state index is -0.539. The molecular weight excluding hydrogens is 170 g/mol. The summed E-state index contributed by atoms with van der Waals surface area (Å²) in [5, 5.41) is 11.4. The normalized spacial score (nSPS) is 9.09. The van der Waals surface area contributed by atoms with Gasteiger partial charge in [-0.25, -0.2) is 0 Å². The maximum atomic E-state index is 10.1. The van der Waals surface area contributed by atoms with Gasteiger partial charge >= 0.3 is 5.00 Å². The summed E-state index contributed by atoms with van der Waals surface area (Å²) in [4.78, 5) is 19.3. The number of hydrogen-bond acceptors (Lipinski definition) is 5. The van der Waals surface area contributed by atoms with Crippen molar-refractivity contribution >= 4 is 22.8 Å². The van der Waals surface area contributed by atoms with E-state index in [1.165, 1.54) is 11.4 Å². The Balaban J connectivity index is 2.81. The topological polar surface area (TPSA) is 69.4 Å². The summed E-state index contributed by atoms with van der Waals surface area (Å²) in [5.41, 5.74) is 0. The van der Waals surface area contributed by atoms with E-state index in [0.29, 0.717) is 0 Å². The molecule has 1 heterocycles. The molecule has 0 spiro atoms. The lowest BCUT2D eigenvalue weighted by atomic mass is 10.6. The number of ether oxygens (including phenoxy) is 1. The van der Waals surface area contributed by atoms with E-state index in [-0.39, 0.29) is 17.2 Å². The van der Waals surface area contributed by atoms with E-state index in [9.17, 15) is 14.9 Å². The van der Waals surface area contributed by atoms with Gasteiger partial charge in [0.15, 0.2) is 0 Å². The van der Waals surface area contributed by atoms with Crippen molar-refractivity contribution in [3.05, 3.63) is 21.6 Å². The summed E-state index contributed by atoms with van der Waals surface area (Å²) >= 11 is 0.915. The molecule has 0 bridgehead atoms. The van der Waals surface area contributed by atoms with Gasteiger partial charge in [0, 0.05) is 5.38 Å². The van der Waals surface area contributed by atoms with E-state index in [1.54, 1.807) is 0 Å². The van der Waals surface area contributed by atoms with E-state index in [4.69, 9.17) is 0 Å². The molecule has 0 fully saturated rings. The predicted octanol–water partition coefficient (Wildman–Crippen LogP) is 1.19. The van der Waals surface area contributed by atoms with Crippen LogP contribution in [0.1, 0.15) is 0 Å². The molecule has 0 radical (unpaired) electrons. The molecule has 0 aliphatic rings. The van der Waals surface area contributed by atoms with Gasteiger partial charge in [0.2, 0.25) is 0 Å². The molecule has 1 aromatic heterocycles. The second-order valence-corrected chi connectivity index (χ2v) is 2.48. The van der Waals surface area contributed by atoms with Gasteiger partial charge in [-0.3, -0.25) is 14.9 Å². The van der Waals surface area contributed by atoms with Crippen LogP contribution in [0, 0.1) is 10.1 Å². The quantitative estimate of drug-likeness (QED) is 0.391. The molecule has 0 N–H and O–H groups in total. The Labute approximate surface area is 65.4 Å². The Morgan fingerprint density at radius 1 is 1.73 bits per heavy atom. The maximum absolute atomic E-state index is 10.1. The fourth-order valence-corrected chi connectivity index (χ4v) is 1.15. The molecular formula is C5H3NO4S. The molecule has 0 unspecified atom stereocenters. The van der Waals surface area contributed by atoms with E-state index in [0.717, 1.165) is 11.3 Å². The first-order valence-electron chi connectivity index (χ1n) is 2.57. The Morgan fingerprint density at radius 2 is 2.45 bits per heavy atom. The van der Waals surface area contributed by atoms with Gasteiger partial charge < -0.3 is 4.74 Å². The largest absolute Gasteiger partial charge is 0.428 e. The van der Waals surface area contributed by atoms with Crippen molar-refractivity contribution in [2.24, 2.45) is 0 Å². The highest BCUT2D eigenvalue weighted by Gasteiger charge is 2.09. The number of hydrogen-bond donors (Lipinski definition) is 0. The van der Waals surface area contributed by atoms with Crippen LogP contribution in [0.3, 0.4) is 0 Å². The van der Waals surface area contributed by atoms with Crippen LogP contribution in [0.4, 0.5) is 5.00 Å². The molecule has 5 nitrogen and oxygen atoms in total. The molecule has 6 heteroatoms. The Bertz CT molecular complexity index is 282. The van der Waals surface area contributed by atoms with E-state index in [1.807, 2.05) is 0 Å². The first-order chi connectivity index (χ1) is 5.24. The van der Waals surface area contributed by atoms with E-state index >= 15 is 0 Å². The third kappa shape index (κ3) is 1.74. The minimum absolute atomic E-state index is 0.0400. The molecule has 0 saturated carbocycles. The van der Waals surface area contributed by atoms with Crippen molar-refractivity contribution in [2.75, 3.05) is 0 Å². The smallest absolute Gasteiger partial charge is 0.327 e. The van der Waals surface area contributed by atoms with E-state index in [2.05, 4.69) is 4.74 Å². The summed E-state index contributed by atoms with van der Waals surface area (Å²) in [7, 11) is 0. The molecule has 0 aliphatic carbocycles. The van der Waals surface area contributed by atoms with Gasteiger partial charge in [0.1, 0.15) is 5.75 Å². The van der Waals surface area contributed by atoms with Gasteiger partial charge in [0.05, 0.1) is 11.0 Å². The Kier molecular flexibility index (Phi) is 2.17. The molecule has 58 valence electrons. The van der Waals surface area contributed by atoms with Crippen LogP contribution in [-0.2, 0) is 4.79 Å². The van der Waals surface area contributed by atoms with Crippen molar-refractivity contribution in [2.45, 2.75) is 0 Å². The number of carbonyl (C=O) groups is 1.